The molecule has 2 N–H and O–H groups in total. The third kappa shape index (κ3) is 3.95. The lowest BCUT2D eigenvalue weighted by atomic mass is 9.64. The first-order valence-electron chi connectivity index (χ1n) is 8.11. The van der Waals surface area contributed by atoms with E-state index < -0.39 is 0 Å². The molecule has 1 saturated carbocycles. The Morgan fingerprint density at radius 3 is 2.68 bits per heavy atom. The van der Waals surface area contributed by atoms with Crippen molar-refractivity contribution in [2.75, 3.05) is 19.6 Å². The second kappa shape index (κ2) is 6.74. The average Bonchev–Trinajstić information content (AvgIpc) is 2.34. The highest BCUT2D eigenvalue weighted by Crippen LogP contribution is 2.46. The van der Waals surface area contributed by atoms with Crippen LogP contribution < -0.4 is 10.6 Å². The second-order valence-corrected chi connectivity index (χ2v) is 6.99. The molecule has 1 unspecified atom stereocenters. The summed E-state index contributed by atoms with van der Waals surface area (Å²) < 4.78 is 0. The molecule has 0 aromatic heterocycles. The van der Waals surface area contributed by atoms with Crippen molar-refractivity contribution in [1.29, 1.82) is 0 Å². The van der Waals surface area contributed by atoms with E-state index in [9.17, 15) is 4.79 Å². The van der Waals surface area contributed by atoms with Crippen molar-refractivity contribution in [2.24, 2.45) is 17.3 Å². The van der Waals surface area contributed by atoms with Crippen molar-refractivity contribution < 1.29 is 4.79 Å². The molecule has 0 spiro atoms. The van der Waals surface area contributed by atoms with E-state index >= 15 is 0 Å². The van der Waals surface area contributed by atoms with Gasteiger partial charge in [0.2, 0.25) is 5.91 Å². The third-order valence-corrected chi connectivity index (χ3v) is 4.83. The topological polar surface area (TPSA) is 41.1 Å². The van der Waals surface area contributed by atoms with Gasteiger partial charge >= 0.3 is 0 Å². The van der Waals surface area contributed by atoms with Crippen molar-refractivity contribution in [3.05, 3.63) is 0 Å². The normalized spacial score (nSPS) is 25.9. The fraction of sp³-hybridized carbons (Fsp3) is 0.938. The van der Waals surface area contributed by atoms with Crippen LogP contribution in [0.3, 0.4) is 0 Å². The van der Waals surface area contributed by atoms with Crippen LogP contribution in [0.4, 0.5) is 0 Å². The monoisotopic (exact) mass is 266 g/mol. The minimum absolute atomic E-state index is 0.0149. The Morgan fingerprint density at radius 1 is 1.37 bits per heavy atom. The lowest BCUT2D eigenvalue weighted by Gasteiger charge is -2.41. The summed E-state index contributed by atoms with van der Waals surface area (Å²) in [7, 11) is 0. The molecule has 1 amide bonds. The minimum atomic E-state index is -0.0149. The fourth-order valence-corrected chi connectivity index (χ4v) is 3.66. The molecule has 110 valence electrons. The summed E-state index contributed by atoms with van der Waals surface area (Å²) >= 11 is 0. The molecule has 1 heterocycles. The van der Waals surface area contributed by atoms with Crippen LogP contribution in [0.25, 0.3) is 0 Å². The highest BCUT2D eigenvalue weighted by molar-refractivity contribution is 5.83. The zero-order chi connectivity index (χ0) is 13.7. The van der Waals surface area contributed by atoms with Crippen molar-refractivity contribution in [2.45, 2.75) is 58.8 Å². The average molecular weight is 266 g/mol. The standard InChI is InChI=1S/C16H30N2O/c1-13(2)11-16(7-4-8-16)15(19)18-10-6-14-5-3-9-17-12-14/h13-14,17H,3-12H2,1-2H3,(H,18,19). The quantitative estimate of drug-likeness (QED) is 0.776. The highest BCUT2D eigenvalue weighted by Gasteiger charge is 2.43. The Morgan fingerprint density at radius 2 is 2.16 bits per heavy atom. The number of nitrogens with one attached hydrogen (secondary N) is 2. The summed E-state index contributed by atoms with van der Waals surface area (Å²) in [5.74, 6) is 1.71. The van der Waals surface area contributed by atoms with Gasteiger partial charge in [0.15, 0.2) is 0 Å². The van der Waals surface area contributed by atoms with E-state index in [-0.39, 0.29) is 5.41 Å². The zero-order valence-corrected chi connectivity index (χ0v) is 12.6. The Kier molecular flexibility index (Phi) is 5.26. The summed E-state index contributed by atoms with van der Waals surface area (Å²) in [5.41, 5.74) is -0.0149. The molecule has 1 aliphatic carbocycles. The second-order valence-electron chi connectivity index (χ2n) is 6.99. The number of carbonyl (C=O) groups excluding carboxylic acids is 1. The van der Waals surface area contributed by atoms with E-state index in [4.69, 9.17) is 0 Å². The molecule has 3 nitrogen and oxygen atoms in total. The van der Waals surface area contributed by atoms with Gasteiger partial charge in [0.05, 0.1) is 0 Å². The van der Waals surface area contributed by atoms with Crippen LogP contribution in [0, 0.1) is 17.3 Å². The smallest absolute Gasteiger partial charge is 0.226 e. The molecule has 2 fully saturated rings. The minimum Gasteiger partial charge on any atom is -0.356 e. The maximum Gasteiger partial charge on any atom is 0.226 e. The fourth-order valence-electron chi connectivity index (χ4n) is 3.66. The number of hydrogen-bond donors (Lipinski definition) is 2. The van der Waals surface area contributed by atoms with Crippen LogP contribution in [0.15, 0.2) is 0 Å². The van der Waals surface area contributed by atoms with E-state index in [2.05, 4.69) is 24.5 Å². The lowest BCUT2D eigenvalue weighted by Crippen LogP contribution is -2.47. The molecule has 1 atom stereocenters. The van der Waals surface area contributed by atoms with E-state index in [0.29, 0.717) is 11.8 Å². The maximum absolute atomic E-state index is 12.4. The lowest BCUT2D eigenvalue weighted by molar-refractivity contribution is -0.137. The molecule has 3 heteroatoms. The molecule has 2 aliphatic rings. The van der Waals surface area contributed by atoms with E-state index in [1.165, 1.54) is 25.8 Å². The van der Waals surface area contributed by atoms with Crippen LogP contribution in [0.5, 0.6) is 0 Å². The summed E-state index contributed by atoms with van der Waals surface area (Å²) in [6.45, 7) is 7.61. The Labute approximate surface area is 117 Å². The van der Waals surface area contributed by atoms with Crippen LogP contribution in [0.2, 0.25) is 0 Å². The summed E-state index contributed by atoms with van der Waals surface area (Å²) in [4.78, 5) is 12.4. The number of piperidine rings is 1. The van der Waals surface area contributed by atoms with Crippen LogP contribution in [-0.2, 0) is 4.79 Å². The zero-order valence-electron chi connectivity index (χ0n) is 12.6. The molecule has 1 aliphatic heterocycles. The predicted octanol–water partition coefficient (Wildman–Crippen LogP) is 2.71. The molecular formula is C16H30N2O. The van der Waals surface area contributed by atoms with Crippen LogP contribution >= 0.6 is 0 Å². The molecule has 0 aromatic rings. The van der Waals surface area contributed by atoms with Crippen molar-refractivity contribution in [3.63, 3.8) is 0 Å². The predicted molar refractivity (Wildman–Crippen MR) is 79.0 cm³/mol. The Hall–Kier alpha value is -0.570. The first-order valence-corrected chi connectivity index (χ1v) is 8.11. The van der Waals surface area contributed by atoms with Gasteiger partial charge in [-0.1, -0.05) is 20.3 Å². The third-order valence-electron chi connectivity index (χ3n) is 4.83. The van der Waals surface area contributed by atoms with E-state index in [0.717, 1.165) is 44.7 Å². The number of hydrogen-bond acceptors (Lipinski definition) is 2. The molecular weight excluding hydrogens is 236 g/mol. The van der Waals surface area contributed by atoms with Crippen molar-refractivity contribution >= 4 is 5.91 Å². The first-order chi connectivity index (χ1) is 9.12. The summed E-state index contributed by atoms with van der Waals surface area (Å²) in [6, 6.07) is 0. The number of carbonyl (C=O) groups is 1. The number of amides is 1. The summed E-state index contributed by atoms with van der Waals surface area (Å²) in [5, 5.41) is 6.65. The molecule has 0 radical (unpaired) electrons. The maximum atomic E-state index is 12.4. The Balaban J connectivity index is 1.70. The van der Waals surface area contributed by atoms with Gasteiger partial charge < -0.3 is 10.6 Å². The van der Waals surface area contributed by atoms with E-state index in [1.807, 2.05) is 0 Å². The van der Waals surface area contributed by atoms with Crippen molar-refractivity contribution in [1.82, 2.24) is 10.6 Å². The van der Waals surface area contributed by atoms with Gasteiger partial charge in [0, 0.05) is 12.0 Å². The molecule has 0 bridgehead atoms. The van der Waals surface area contributed by atoms with Gasteiger partial charge in [-0.2, -0.15) is 0 Å². The molecule has 19 heavy (non-hydrogen) atoms. The number of rotatable bonds is 6. The highest BCUT2D eigenvalue weighted by atomic mass is 16.2. The van der Waals surface area contributed by atoms with Crippen LogP contribution in [-0.4, -0.2) is 25.5 Å². The van der Waals surface area contributed by atoms with E-state index in [1.54, 1.807) is 0 Å². The molecule has 2 rings (SSSR count). The first kappa shape index (κ1) is 14.8. The van der Waals surface area contributed by atoms with Gasteiger partial charge in [-0.25, -0.2) is 0 Å². The van der Waals surface area contributed by atoms with Crippen molar-refractivity contribution in [3.8, 4) is 0 Å². The molecule has 1 saturated heterocycles. The summed E-state index contributed by atoms with van der Waals surface area (Å²) in [6.07, 6.45) is 8.23. The van der Waals surface area contributed by atoms with Gasteiger partial charge in [-0.3, -0.25) is 4.79 Å². The van der Waals surface area contributed by atoms with Crippen LogP contribution in [0.1, 0.15) is 58.8 Å². The van der Waals surface area contributed by atoms with Gasteiger partial charge in [0.25, 0.3) is 0 Å². The largest absolute Gasteiger partial charge is 0.356 e. The van der Waals surface area contributed by atoms with Gasteiger partial charge in [-0.05, 0) is 63.5 Å². The Bertz CT molecular complexity index is 291. The SMILES string of the molecule is CC(C)CC1(C(=O)NCCC2CCCNC2)CCC1. The van der Waals surface area contributed by atoms with Gasteiger partial charge in [0.1, 0.15) is 0 Å². The van der Waals surface area contributed by atoms with Gasteiger partial charge in [-0.15, -0.1) is 0 Å². The molecule has 0 aromatic carbocycles.